The van der Waals surface area contributed by atoms with Gasteiger partial charge < -0.3 is 9.47 Å². The second kappa shape index (κ2) is 11.0. The summed E-state index contributed by atoms with van der Waals surface area (Å²) in [6.45, 7) is 12.8. The molecule has 2 atom stereocenters. The smallest absolute Gasteiger partial charge is 0.431 e. The van der Waals surface area contributed by atoms with E-state index in [9.17, 15) is 4.79 Å². The monoisotopic (exact) mass is 286 g/mol. The Kier molecular flexibility index (Phi) is 10.6. The third-order valence-corrected chi connectivity index (χ3v) is 3.57. The first kappa shape index (κ1) is 19.3. The standard InChI is InChI=1S/C17H34O3/c1-7-15(11-9-13(3)4)19-17(18)20-16(8-2)12-10-14(5)6/h13-16H,7-12H2,1-6H3. The number of carbonyl (C=O) groups is 1. The van der Waals surface area contributed by atoms with Gasteiger partial charge in [-0.25, -0.2) is 4.79 Å². The van der Waals surface area contributed by atoms with Crippen LogP contribution in [0.15, 0.2) is 0 Å². The minimum Gasteiger partial charge on any atom is -0.431 e. The highest BCUT2D eigenvalue weighted by Crippen LogP contribution is 2.16. The maximum absolute atomic E-state index is 11.8. The van der Waals surface area contributed by atoms with Crippen molar-refractivity contribution in [1.29, 1.82) is 0 Å². The fourth-order valence-electron chi connectivity index (χ4n) is 2.03. The van der Waals surface area contributed by atoms with E-state index in [1.165, 1.54) is 0 Å². The van der Waals surface area contributed by atoms with Crippen molar-refractivity contribution in [2.45, 2.75) is 92.3 Å². The lowest BCUT2D eigenvalue weighted by molar-refractivity contribution is -0.00983. The molecule has 0 aromatic heterocycles. The van der Waals surface area contributed by atoms with E-state index >= 15 is 0 Å². The van der Waals surface area contributed by atoms with Gasteiger partial charge in [0.15, 0.2) is 0 Å². The number of hydrogen-bond acceptors (Lipinski definition) is 3. The zero-order valence-electron chi connectivity index (χ0n) is 14.3. The van der Waals surface area contributed by atoms with Gasteiger partial charge in [0.05, 0.1) is 0 Å². The Balaban J connectivity index is 4.08. The highest BCUT2D eigenvalue weighted by atomic mass is 16.7. The fraction of sp³-hybridized carbons (Fsp3) is 0.941. The Morgan fingerprint density at radius 3 is 1.35 bits per heavy atom. The molecule has 0 fully saturated rings. The first-order valence-electron chi connectivity index (χ1n) is 8.26. The first-order chi connectivity index (χ1) is 9.38. The third kappa shape index (κ3) is 10.1. The molecular weight excluding hydrogens is 252 g/mol. The summed E-state index contributed by atoms with van der Waals surface area (Å²) in [5.41, 5.74) is 0. The van der Waals surface area contributed by atoms with Crippen LogP contribution in [0.2, 0.25) is 0 Å². The molecule has 120 valence electrons. The molecule has 0 amide bonds. The Bertz CT molecular complexity index is 225. The normalized spacial score (nSPS) is 14.4. The van der Waals surface area contributed by atoms with Crippen LogP contribution in [0.5, 0.6) is 0 Å². The summed E-state index contributed by atoms with van der Waals surface area (Å²) in [7, 11) is 0. The van der Waals surface area contributed by atoms with Crippen LogP contribution in [0, 0.1) is 11.8 Å². The molecule has 0 saturated carbocycles. The molecule has 0 aliphatic heterocycles. The molecule has 0 spiro atoms. The molecule has 0 aliphatic carbocycles. The van der Waals surface area contributed by atoms with E-state index in [-0.39, 0.29) is 12.2 Å². The van der Waals surface area contributed by atoms with Crippen LogP contribution in [0.25, 0.3) is 0 Å². The summed E-state index contributed by atoms with van der Waals surface area (Å²) in [6.07, 6.45) is 5.20. The van der Waals surface area contributed by atoms with Gasteiger partial charge in [0.2, 0.25) is 0 Å². The highest BCUT2D eigenvalue weighted by Gasteiger charge is 2.18. The number of carbonyl (C=O) groups excluding carboxylic acids is 1. The molecule has 0 aromatic rings. The molecule has 0 heterocycles. The summed E-state index contributed by atoms with van der Waals surface area (Å²) >= 11 is 0. The van der Waals surface area contributed by atoms with Gasteiger partial charge in [-0.2, -0.15) is 0 Å². The van der Waals surface area contributed by atoms with Crippen LogP contribution in [0.1, 0.15) is 80.1 Å². The highest BCUT2D eigenvalue weighted by molar-refractivity contribution is 5.60. The van der Waals surface area contributed by atoms with E-state index in [2.05, 4.69) is 27.7 Å². The van der Waals surface area contributed by atoms with E-state index in [4.69, 9.17) is 9.47 Å². The summed E-state index contributed by atoms with van der Waals surface area (Å²) in [6, 6.07) is 0. The van der Waals surface area contributed by atoms with E-state index in [0.717, 1.165) is 38.5 Å². The molecule has 0 rings (SSSR count). The van der Waals surface area contributed by atoms with Gasteiger partial charge in [0, 0.05) is 0 Å². The zero-order valence-corrected chi connectivity index (χ0v) is 14.3. The van der Waals surface area contributed by atoms with Gasteiger partial charge in [-0.15, -0.1) is 0 Å². The first-order valence-corrected chi connectivity index (χ1v) is 8.26. The average Bonchev–Trinajstić information content (AvgIpc) is 2.38. The molecular formula is C17H34O3. The van der Waals surface area contributed by atoms with E-state index < -0.39 is 6.16 Å². The summed E-state index contributed by atoms with van der Waals surface area (Å²) in [5.74, 6) is 1.27. The van der Waals surface area contributed by atoms with Crippen molar-refractivity contribution < 1.29 is 14.3 Å². The average molecular weight is 286 g/mol. The lowest BCUT2D eigenvalue weighted by atomic mass is 10.0. The Hall–Kier alpha value is -0.730. The summed E-state index contributed by atoms with van der Waals surface area (Å²) in [5, 5.41) is 0. The predicted molar refractivity (Wildman–Crippen MR) is 83.9 cm³/mol. The van der Waals surface area contributed by atoms with Crippen LogP contribution in [-0.2, 0) is 9.47 Å². The maximum atomic E-state index is 11.8. The molecule has 0 radical (unpaired) electrons. The van der Waals surface area contributed by atoms with Gasteiger partial charge in [-0.05, 0) is 50.4 Å². The van der Waals surface area contributed by atoms with Crippen LogP contribution in [-0.4, -0.2) is 18.4 Å². The minimum atomic E-state index is -0.490. The van der Waals surface area contributed by atoms with Crippen LogP contribution in [0.3, 0.4) is 0 Å². The van der Waals surface area contributed by atoms with Crippen molar-refractivity contribution in [2.24, 2.45) is 11.8 Å². The molecule has 20 heavy (non-hydrogen) atoms. The van der Waals surface area contributed by atoms with Gasteiger partial charge in [0.25, 0.3) is 0 Å². The largest absolute Gasteiger partial charge is 0.508 e. The quantitative estimate of drug-likeness (QED) is 0.492. The second-order valence-electron chi connectivity index (χ2n) is 6.49. The van der Waals surface area contributed by atoms with Crippen molar-refractivity contribution >= 4 is 6.16 Å². The Labute approximate surface area is 125 Å². The van der Waals surface area contributed by atoms with Crippen molar-refractivity contribution in [3.05, 3.63) is 0 Å². The van der Waals surface area contributed by atoms with Crippen LogP contribution in [0.4, 0.5) is 4.79 Å². The molecule has 3 nitrogen and oxygen atoms in total. The zero-order chi connectivity index (χ0) is 15.5. The van der Waals surface area contributed by atoms with Gasteiger partial charge in [-0.1, -0.05) is 41.5 Å². The maximum Gasteiger partial charge on any atom is 0.508 e. The van der Waals surface area contributed by atoms with Crippen LogP contribution < -0.4 is 0 Å². The van der Waals surface area contributed by atoms with E-state index in [1.807, 2.05) is 13.8 Å². The van der Waals surface area contributed by atoms with Crippen LogP contribution >= 0.6 is 0 Å². The molecule has 2 unspecified atom stereocenters. The fourth-order valence-corrected chi connectivity index (χ4v) is 2.03. The van der Waals surface area contributed by atoms with Crippen molar-refractivity contribution in [1.82, 2.24) is 0 Å². The minimum absolute atomic E-state index is 0.00694. The molecule has 0 saturated heterocycles. The van der Waals surface area contributed by atoms with Gasteiger partial charge >= 0.3 is 6.16 Å². The second-order valence-corrected chi connectivity index (χ2v) is 6.49. The number of hydrogen-bond donors (Lipinski definition) is 0. The Morgan fingerprint density at radius 1 is 0.750 bits per heavy atom. The Morgan fingerprint density at radius 2 is 1.10 bits per heavy atom. The third-order valence-electron chi connectivity index (χ3n) is 3.57. The lowest BCUT2D eigenvalue weighted by Crippen LogP contribution is -2.24. The predicted octanol–water partition coefficient (Wildman–Crippen LogP) is 5.57. The molecule has 3 heteroatoms. The summed E-state index contributed by atoms with van der Waals surface area (Å²) in [4.78, 5) is 11.8. The molecule has 0 N–H and O–H groups in total. The van der Waals surface area contributed by atoms with Crippen molar-refractivity contribution in [3.63, 3.8) is 0 Å². The molecule has 0 aromatic carbocycles. The van der Waals surface area contributed by atoms with Crippen molar-refractivity contribution in [2.75, 3.05) is 0 Å². The summed E-state index contributed by atoms with van der Waals surface area (Å²) < 4.78 is 10.9. The molecule has 0 bridgehead atoms. The van der Waals surface area contributed by atoms with E-state index in [0.29, 0.717) is 11.8 Å². The van der Waals surface area contributed by atoms with E-state index in [1.54, 1.807) is 0 Å². The lowest BCUT2D eigenvalue weighted by Gasteiger charge is -2.20. The van der Waals surface area contributed by atoms with Gasteiger partial charge in [-0.3, -0.25) is 0 Å². The SMILES string of the molecule is CCC(CCC(C)C)OC(=O)OC(CC)CCC(C)C. The van der Waals surface area contributed by atoms with Gasteiger partial charge in [0.1, 0.15) is 12.2 Å². The molecule has 0 aliphatic rings. The van der Waals surface area contributed by atoms with Crippen molar-refractivity contribution in [3.8, 4) is 0 Å². The number of ether oxygens (including phenoxy) is 2. The topological polar surface area (TPSA) is 35.5 Å². The number of rotatable bonds is 10.